The van der Waals surface area contributed by atoms with Gasteiger partial charge in [0.1, 0.15) is 17.0 Å². The number of para-hydroxylation sites is 2. The van der Waals surface area contributed by atoms with E-state index in [1.54, 1.807) is 30.3 Å². The predicted molar refractivity (Wildman–Crippen MR) is 118 cm³/mol. The molecule has 0 bridgehead atoms. The third kappa shape index (κ3) is 4.63. The largest absolute Gasteiger partial charge is 0.436 e. The number of fused-ring (bicyclic) bond motifs is 1. The Balaban J connectivity index is 1.76. The molecule has 0 radical (unpaired) electrons. The summed E-state index contributed by atoms with van der Waals surface area (Å²) in [5.41, 5.74) is -0.0569. The van der Waals surface area contributed by atoms with Gasteiger partial charge in [0.25, 0.3) is 15.9 Å². The molecular formula is C22H15ClFN3O4S. The van der Waals surface area contributed by atoms with Gasteiger partial charge < -0.3 is 9.73 Å². The lowest BCUT2D eigenvalue weighted by Crippen LogP contribution is -2.27. The molecule has 2 N–H and O–H groups in total. The van der Waals surface area contributed by atoms with E-state index in [0.717, 1.165) is 0 Å². The second-order valence-electron chi connectivity index (χ2n) is 6.60. The van der Waals surface area contributed by atoms with E-state index in [1.165, 1.54) is 48.5 Å². The molecule has 0 saturated carbocycles. The Morgan fingerprint density at radius 3 is 2.41 bits per heavy atom. The summed E-state index contributed by atoms with van der Waals surface area (Å²) in [5.74, 6) is -1.35. The second-order valence-corrected chi connectivity index (χ2v) is 8.69. The number of hydrogen-bond donors (Lipinski definition) is 2. The van der Waals surface area contributed by atoms with Gasteiger partial charge in [-0.2, -0.15) is 13.2 Å². The lowest BCUT2D eigenvalue weighted by atomic mass is 10.1. The average molecular weight is 472 g/mol. The molecule has 0 atom stereocenters. The molecule has 3 aromatic carbocycles. The molecule has 1 heterocycles. The SMILES string of the molecule is O=C(Nc1ccccc1F)c1cc2ccccc2oc1=NNS(=O)(=O)c1ccc(Cl)cc1. The van der Waals surface area contributed by atoms with Gasteiger partial charge in [0.2, 0.25) is 5.55 Å². The van der Waals surface area contributed by atoms with E-state index in [0.29, 0.717) is 16.0 Å². The number of carbonyl (C=O) groups excluding carboxylic acids is 1. The maximum Gasteiger partial charge on any atom is 0.276 e. The van der Waals surface area contributed by atoms with Gasteiger partial charge in [0.15, 0.2) is 0 Å². The summed E-state index contributed by atoms with van der Waals surface area (Å²) in [6.07, 6.45) is 0. The van der Waals surface area contributed by atoms with Crippen LogP contribution in [0.1, 0.15) is 10.4 Å². The molecule has 7 nitrogen and oxygen atoms in total. The first-order chi connectivity index (χ1) is 15.3. The molecule has 0 aliphatic carbocycles. The van der Waals surface area contributed by atoms with Crippen molar-refractivity contribution in [3.63, 3.8) is 0 Å². The monoisotopic (exact) mass is 471 g/mol. The van der Waals surface area contributed by atoms with Crippen molar-refractivity contribution in [2.45, 2.75) is 4.90 Å². The summed E-state index contributed by atoms with van der Waals surface area (Å²) in [7, 11) is -4.06. The Bertz CT molecular complexity index is 1490. The number of amides is 1. The number of hydrogen-bond acceptors (Lipinski definition) is 5. The maximum absolute atomic E-state index is 14.0. The van der Waals surface area contributed by atoms with Crippen LogP contribution in [0.3, 0.4) is 0 Å². The van der Waals surface area contributed by atoms with Crippen LogP contribution < -0.4 is 15.7 Å². The Morgan fingerprint density at radius 2 is 1.66 bits per heavy atom. The molecule has 0 saturated heterocycles. The highest BCUT2D eigenvalue weighted by molar-refractivity contribution is 7.89. The van der Waals surface area contributed by atoms with Crippen molar-refractivity contribution in [2.24, 2.45) is 5.10 Å². The minimum Gasteiger partial charge on any atom is -0.436 e. The van der Waals surface area contributed by atoms with Gasteiger partial charge in [0, 0.05) is 10.4 Å². The molecule has 0 unspecified atom stereocenters. The molecule has 32 heavy (non-hydrogen) atoms. The molecule has 0 fully saturated rings. The van der Waals surface area contributed by atoms with Crippen molar-refractivity contribution in [1.29, 1.82) is 0 Å². The summed E-state index contributed by atoms with van der Waals surface area (Å²) in [4.78, 5) is 14.8. The fraction of sp³-hybridized carbons (Fsp3) is 0. The second kappa shape index (κ2) is 8.81. The maximum atomic E-state index is 14.0. The fourth-order valence-electron chi connectivity index (χ4n) is 2.84. The lowest BCUT2D eigenvalue weighted by molar-refractivity contribution is 0.102. The minimum atomic E-state index is -4.06. The molecular weight excluding hydrogens is 457 g/mol. The van der Waals surface area contributed by atoms with Crippen molar-refractivity contribution >= 4 is 44.2 Å². The first-order valence-corrected chi connectivity index (χ1v) is 11.1. The summed E-state index contributed by atoms with van der Waals surface area (Å²) < 4.78 is 44.8. The van der Waals surface area contributed by atoms with Crippen LogP contribution >= 0.6 is 11.6 Å². The van der Waals surface area contributed by atoms with Crippen molar-refractivity contribution in [2.75, 3.05) is 5.32 Å². The van der Waals surface area contributed by atoms with Gasteiger partial charge in [-0.1, -0.05) is 41.9 Å². The van der Waals surface area contributed by atoms with E-state index in [2.05, 4.69) is 15.2 Å². The zero-order chi connectivity index (χ0) is 22.7. The lowest BCUT2D eigenvalue weighted by Gasteiger charge is -2.08. The topological polar surface area (TPSA) is 101 Å². The number of halogens is 2. The van der Waals surface area contributed by atoms with Crippen molar-refractivity contribution < 1.29 is 22.0 Å². The number of carbonyl (C=O) groups is 1. The standard InChI is InChI=1S/C22H15ClFN3O4S/c23-15-9-11-16(12-10-15)32(29,30)27-26-22-17(13-14-5-1-4-8-20(14)31-22)21(28)25-19-7-3-2-6-18(19)24/h1-13,27H,(H,25,28). The van der Waals surface area contributed by atoms with Crippen LogP contribution in [0, 0.1) is 5.82 Å². The smallest absolute Gasteiger partial charge is 0.276 e. The summed E-state index contributed by atoms with van der Waals surface area (Å²) in [6.45, 7) is 0. The van der Waals surface area contributed by atoms with Crippen molar-refractivity contribution in [3.05, 3.63) is 101 Å². The van der Waals surface area contributed by atoms with Gasteiger partial charge >= 0.3 is 0 Å². The van der Waals surface area contributed by atoms with Crippen LogP contribution in [0.2, 0.25) is 5.02 Å². The zero-order valence-electron chi connectivity index (χ0n) is 16.2. The normalized spacial score (nSPS) is 12.0. The number of benzene rings is 3. The van der Waals surface area contributed by atoms with E-state index in [-0.39, 0.29) is 21.7 Å². The molecule has 0 spiro atoms. The van der Waals surface area contributed by atoms with Gasteiger partial charge in [-0.25, -0.2) is 4.39 Å². The summed E-state index contributed by atoms with van der Waals surface area (Å²) >= 11 is 5.80. The molecule has 0 aliphatic rings. The Hall–Kier alpha value is -3.69. The van der Waals surface area contributed by atoms with E-state index in [9.17, 15) is 17.6 Å². The van der Waals surface area contributed by atoms with E-state index < -0.39 is 21.7 Å². The van der Waals surface area contributed by atoms with Crippen molar-refractivity contribution in [3.8, 4) is 0 Å². The quantitative estimate of drug-likeness (QED) is 0.424. The summed E-state index contributed by atoms with van der Waals surface area (Å²) in [6, 6.07) is 19.4. The molecule has 1 amide bonds. The third-order valence-electron chi connectivity index (χ3n) is 4.41. The van der Waals surface area contributed by atoms with Crippen LogP contribution in [0.4, 0.5) is 10.1 Å². The summed E-state index contributed by atoms with van der Waals surface area (Å²) in [5, 5.41) is 7.21. The van der Waals surface area contributed by atoms with Crippen LogP contribution in [0.5, 0.6) is 0 Å². The number of nitrogens with one attached hydrogen (secondary N) is 2. The third-order valence-corrected chi connectivity index (χ3v) is 5.89. The first-order valence-electron chi connectivity index (χ1n) is 9.23. The molecule has 162 valence electrons. The first kappa shape index (κ1) is 21.5. The van der Waals surface area contributed by atoms with Crippen LogP contribution in [0.15, 0.2) is 93.3 Å². The molecule has 0 aliphatic heterocycles. The fourth-order valence-corrected chi connectivity index (χ4v) is 3.76. The Labute approximate surface area is 187 Å². The van der Waals surface area contributed by atoms with Gasteiger partial charge in [-0.05, 0) is 48.5 Å². The molecule has 1 aromatic heterocycles. The number of nitrogens with zero attached hydrogens (tertiary/aromatic N) is 1. The number of rotatable bonds is 5. The number of anilines is 1. The highest BCUT2D eigenvalue weighted by Crippen LogP contribution is 2.17. The van der Waals surface area contributed by atoms with E-state index in [1.807, 2.05) is 0 Å². The average Bonchev–Trinajstić information content (AvgIpc) is 2.79. The highest BCUT2D eigenvalue weighted by Gasteiger charge is 2.17. The van der Waals surface area contributed by atoms with Crippen LogP contribution in [0.25, 0.3) is 11.0 Å². The van der Waals surface area contributed by atoms with E-state index >= 15 is 0 Å². The van der Waals surface area contributed by atoms with Crippen LogP contribution in [-0.2, 0) is 10.0 Å². The van der Waals surface area contributed by atoms with Crippen molar-refractivity contribution in [1.82, 2.24) is 4.83 Å². The molecule has 10 heteroatoms. The zero-order valence-corrected chi connectivity index (χ0v) is 17.8. The van der Waals surface area contributed by atoms with E-state index in [4.69, 9.17) is 16.0 Å². The Kier molecular flexibility index (Phi) is 5.93. The molecule has 4 rings (SSSR count). The highest BCUT2D eigenvalue weighted by atomic mass is 35.5. The predicted octanol–water partition coefficient (Wildman–Crippen LogP) is 4.27. The van der Waals surface area contributed by atoms with Gasteiger partial charge in [-0.15, -0.1) is 5.10 Å². The molecule has 4 aromatic rings. The Morgan fingerprint density at radius 1 is 0.969 bits per heavy atom. The van der Waals surface area contributed by atoms with Gasteiger partial charge in [0.05, 0.1) is 10.6 Å². The number of sulfonamides is 1. The minimum absolute atomic E-state index is 0.0432. The van der Waals surface area contributed by atoms with Crippen LogP contribution in [-0.4, -0.2) is 14.3 Å². The van der Waals surface area contributed by atoms with Gasteiger partial charge in [-0.3, -0.25) is 4.79 Å².